The van der Waals surface area contributed by atoms with Gasteiger partial charge in [0.25, 0.3) is 0 Å². The summed E-state index contributed by atoms with van der Waals surface area (Å²) in [6.45, 7) is 0. The van der Waals surface area contributed by atoms with E-state index in [4.69, 9.17) is 23.8 Å². The summed E-state index contributed by atoms with van der Waals surface area (Å²) in [5.41, 5.74) is 10.5. The van der Waals surface area contributed by atoms with E-state index in [-0.39, 0.29) is 0 Å². The average Bonchev–Trinajstić information content (AvgIpc) is 3.97. The van der Waals surface area contributed by atoms with Crippen molar-refractivity contribution in [3.05, 3.63) is 176 Å². The molecule has 0 aliphatic carbocycles. The van der Waals surface area contributed by atoms with Crippen LogP contribution < -0.4 is 0 Å². The first-order valence-corrected chi connectivity index (χ1v) is 19.7. The third-order valence-corrected chi connectivity index (χ3v) is 12.1. The zero-order chi connectivity index (χ0) is 37.5. The molecular formula is C51H29N3O2S. The summed E-state index contributed by atoms with van der Waals surface area (Å²) >= 11 is 1.83. The zero-order valence-corrected chi connectivity index (χ0v) is 31.1. The summed E-state index contributed by atoms with van der Waals surface area (Å²) in [5.74, 6) is 1.71. The lowest BCUT2D eigenvalue weighted by Gasteiger charge is -2.10. The molecule has 0 aliphatic heterocycles. The maximum Gasteiger partial charge on any atom is 0.164 e. The Bertz CT molecular complexity index is 3530. The maximum atomic E-state index is 6.51. The van der Waals surface area contributed by atoms with Gasteiger partial charge in [-0.1, -0.05) is 121 Å². The van der Waals surface area contributed by atoms with Crippen molar-refractivity contribution in [2.75, 3.05) is 0 Å². The van der Waals surface area contributed by atoms with E-state index in [2.05, 4.69) is 140 Å². The maximum absolute atomic E-state index is 6.51. The number of hydrogen-bond acceptors (Lipinski definition) is 6. The van der Waals surface area contributed by atoms with E-state index in [0.717, 1.165) is 77.3 Å². The molecule has 0 atom stereocenters. The summed E-state index contributed by atoms with van der Waals surface area (Å²) in [6.07, 6.45) is 0. The molecule has 5 nitrogen and oxygen atoms in total. The molecule has 4 aromatic heterocycles. The van der Waals surface area contributed by atoms with Gasteiger partial charge in [-0.2, -0.15) is 0 Å². The van der Waals surface area contributed by atoms with Gasteiger partial charge in [-0.05, 0) is 76.9 Å². The molecule has 6 heteroatoms. The van der Waals surface area contributed by atoms with Gasteiger partial charge in [0.15, 0.2) is 17.5 Å². The Morgan fingerprint density at radius 3 is 1.51 bits per heavy atom. The Morgan fingerprint density at radius 1 is 0.316 bits per heavy atom. The lowest BCUT2D eigenvalue weighted by Crippen LogP contribution is -2.00. The van der Waals surface area contributed by atoms with E-state index in [1.165, 1.54) is 25.7 Å². The minimum atomic E-state index is 0.561. The first-order valence-electron chi connectivity index (χ1n) is 18.9. The van der Waals surface area contributed by atoms with Crippen molar-refractivity contribution in [2.24, 2.45) is 0 Å². The van der Waals surface area contributed by atoms with Gasteiger partial charge in [-0.3, -0.25) is 0 Å². The Kier molecular flexibility index (Phi) is 7.03. The van der Waals surface area contributed by atoms with Crippen LogP contribution in [0.2, 0.25) is 0 Å². The van der Waals surface area contributed by atoms with Crippen molar-refractivity contribution in [2.45, 2.75) is 0 Å². The molecule has 8 aromatic carbocycles. The van der Waals surface area contributed by atoms with Gasteiger partial charge in [-0.25, -0.2) is 15.0 Å². The quantitative estimate of drug-likeness (QED) is 0.175. The number of fused-ring (bicyclic) bond motifs is 9. The van der Waals surface area contributed by atoms with Gasteiger partial charge in [0.2, 0.25) is 0 Å². The molecule has 0 amide bonds. The minimum Gasteiger partial charge on any atom is -0.456 e. The van der Waals surface area contributed by atoms with Crippen molar-refractivity contribution >= 4 is 75.4 Å². The number of rotatable bonds is 5. The first-order chi connectivity index (χ1) is 28.2. The first kappa shape index (κ1) is 31.9. The Balaban J connectivity index is 0.992. The van der Waals surface area contributed by atoms with Gasteiger partial charge < -0.3 is 8.83 Å². The highest BCUT2D eigenvalue weighted by molar-refractivity contribution is 7.25. The number of furan rings is 2. The van der Waals surface area contributed by atoms with Crippen LogP contribution in [0, 0.1) is 0 Å². The van der Waals surface area contributed by atoms with Crippen LogP contribution >= 0.6 is 11.3 Å². The molecule has 0 unspecified atom stereocenters. The Morgan fingerprint density at radius 2 is 0.807 bits per heavy atom. The topological polar surface area (TPSA) is 65.0 Å². The van der Waals surface area contributed by atoms with Crippen LogP contribution in [0.5, 0.6) is 0 Å². The lowest BCUT2D eigenvalue weighted by molar-refractivity contribution is 0.669. The van der Waals surface area contributed by atoms with Crippen LogP contribution in [-0.4, -0.2) is 15.0 Å². The number of para-hydroxylation sites is 1. The fourth-order valence-corrected chi connectivity index (χ4v) is 9.30. The molecule has 0 radical (unpaired) electrons. The van der Waals surface area contributed by atoms with Crippen molar-refractivity contribution in [3.63, 3.8) is 0 Å². The van der Waals surface area contributed by atoms with E-state index < -0.39 is 0 Å². The molecule has 0 saturated heterocycles. The minimum absolute atomic E-state index is 0.561. The van der Waals surface area contributed by atoms with E-state index in [9.17, 15) is 0 Å². The predicted octanol–water partition coefficient (Wildman–Crippen LogP) is 14.4. The number of nitrogens with zero attached hydrogens (tertiary/aromatic N) is 3. The van der Waals surface area contributed by atoms with E-state index >= 15 is 0 Å². The second-order valence-electron chi connectivity index (χ2n) is 14.4. The molecule has 0 saturated carbocycles. The van der Waals surface area contributed by atoms with Gasteiger partial charge >= 0.3 is 0 Å². The molecule has 4 heterocycles. The summed E-state index contributed by atoms with van der Waals surface area (Å²) < 4.78 is 15.4. The van der Waals surface area contributed by atoms with Crippen LogP contribution in [-0.2, 0) is 0 Å². The van der Waals surface area contributed by atoms with Gasteiger partial charge in [0.1, 0.15) is 22.3 Å². The van der Waals surface area contributed by atoms with Gasteiger partial charge in [-0.15, -0.1) is 11.3 Å². The average molecular weight is 748 g/mol. The second-order valence-corrected chi connectivity index (χ2v) is 15.4. The molecule has 266 valence electrons. The lowest BCUT2D eigenvalue weighted by atomic mass is 9.98. The molecule has 0 spiro atoms. The van der Waals surface area contributed by atoms with Crippen molar-refractivity contribution < 1.29 is 8.83 Å². The van der Waals surface area contributed by atoms with Crippen molar-refractivity contribution in [1.29, 1.82) is 0 Å². The number of hydrogen-bond donors (Lipinski definition) is 0. The van der Waals surface area contributed by atoms with Crippen molar-refractivity contribution in [3.8, 4) is 56.4 Å². The highest BCUT2D eigenvalue weighted by atomic mass is 32.1. The van der Waals surface area contributed by atoms with E-state index in [1.54, 1.807) is 0 Å². The summed E-state index contributed by atoms with van der Waals surface area (Å²) in [4.78, 5) is 15.3. The number of aromatic nitrogens is 3. The third kappa shape index (κ3) is 5.26. The molecule has 0 bridgehead atoms. The smallest absolute Gasteiger partial charge is 0.164 e. The Hall–Kier alpha value is -7.41. The molecule has 0 N–H and O–H groups in total. The van der Waals surface area contributed by atoms with Crippen LogP contribution in [0.15, 0.2) is 185 Å². The Labute approximate surface area is 330 Å². The van der Waals surface area contributed by atoms with Crippen molar-refractivity contribution in [1.82, 2.24) is 15.0 Å². The van der Waals surface area contributed by atoms with Gasteiger partial charge in [0, 0.05) is 58.4 Å². The highest BCUT2D eigenvalue weighted by Crippen LogP contribution is 2.41. The van der Waals surface area contributed by atoms with E-state index in [0.29, 0.717) is 17.5 Å². The molecule has 12 aromatic rings. The summed E-state index contributed by atoms with van der Waals surface area (Å²) in [5, 5.41) is 6.81. The molecule has 57 heavy (non-hydrogen) atoms. The third-order valence-electron chi connectivity index (χ3n) is 11.0. The molecule has 12 rings (SSSR count). The van der Waals surface area contributed by atoms with Crippen LogP contribution in [0.4, 0.5) is 0 Å². The van der Waals surface area contributed by atoms with Gasteiger partial charge in [0.05, 0.1) is 0 Å². The van der Waals surface area contributed by atoms with Crippen LogP contribution in [0.1, 0.15) is 0 Å². The number of thiophene rings is 1. The molecule has 0 aliphatic rings. The van der Waals surface area contributed by atoms with Crippen LogP contribution in [0.25, 0.3) is 120 Å². The predicted molar refractivity (Wildman–Crippen MR) is 234 cm³/mol. The fourth-order valence-electron chi connectivity index (χ4n) is 8.17. The van der Waals surface area contributed by atoms with E-state index in [1.807, 2.05) is 47.7 Å². The normalized spacial score (nSPS) is 11.9. The fraction of sp³-hybridized carbons (Fsp3) is 0. The SMILES string of the molecule is c1ccc(-c2ccc3c(c2)oc2cc(-c4nc(-c5ccc(-c6cccc7sc8ccccc8c67)cc5)nc(-c5ccc6c(c5)oc5ccccc56)n4)ccc23)cc1. The highest BCUT2D eigenvalue weighted by Gasteiger charge is 2.18. The van der Waals surface area contributed by atoms with Crippen LogP contribution in [0.3, 0.4) is 0 Å². The molecule has 0 fully saturated rings. The second kappa shape index (κ2) is 12.6. The largest absolute Gasteiger partial charge is 0.456 e. The monoisotopic (exact) mass is 747 g/mol. The molecular weight excluding hydrogens is 719 g/mol. The number of benzene rings is 8. The summed E-state index contributed by atoms with van der Waals surface area (Å²) in [6, 6.07) is 61.0. The summed E-state index contributed by atoms with van der Waals surface area (Å²) in [7, 11) is 0. The zero-order valence-electron chi connectivity index (χ0n) is 30.3. The standard InChI is InChI=1S/C51H29N3O2S/c1-2-9-30(10-3-1)33-21-24-39-40-26-23-35(29-45(40)56-43(39)27-33)51-53-49(52-50(54-51)34-22-25-38-37-11-4-6-14-42(37)55-44(38)28-34)32-19-17-31(18-20-32)36-13-8-16-47-48(36)41-12-5-7-15-46(41)57-47/h1-29H.